The van der Waals surface area contributed by atoms with Crippen LogP contribution in [0, 0.1) is 5.92 Å². The number of nitrogens with zero attached hydrogens (tertiary/aromatic N) is 2. The molecule has 0 fully saturated rings. The molecule has 0 aliphatic rings. The summed E-state index contributed by atoms with van der Waals surface area (Å²) in [7, 11) is 1.54. The van der Waals surface area contributed by atoms with Crippen molar-refractivity contribution in [3.63, 3.8) is 0 Å². The molecule has 0 aliphatic heterocycles. The molecule has 0 radical (unpaired) electrons. The van der Waals surface area contributed by atoms with Crippen LogP contribution in [0.5, 0.6) is 5.75 Å². The third-order valence-corrected chi connectivity index (χ3v) is 4.46. The van der Waals surface area contributed by atoms with Gasteiger partial charge in [-0.1, -0.05) is 31.5 Å². The maximum atomic E-state index is 13.0. The summed E-state index contributed by atoms with van der Waals surface area (Å²) >= 11 is 5.93. The predicted molar refractivity (Wildman–Crippen MR) is 116 cm³/mol. The fourth-order valence-electron chi connectivity index (χ4n) is 2.89. The van der Waals surface area contributed by atoms with E-state index in [0.717, 1.165) is 0 Å². The number of carbonyl (C=O) groups is 1. The van der Waals surface area contributed by atoms with Gasteiger partial charge in [-0.15, -0.1) is 0 Å². The number of aromatic amines is 1. The van der Waals surface area contributed by atoms with Gasteiger partial charge in [0.05, 0.1) is 0 Å². The van der Waals surface area contributed by atoms with Crippen LogP contribution < -0.4 is 26.6 Å². The molecule has 10 heteroatoms. The molecular formula is C20H27ClN4O5. The number of H-pyrrole nitrogens is 1. The molecule has 1 aromatic carbocycles. The summed E-state index contributed by atoms with van der Waals surface area (Å²) in [5, 5.41) is 0.471. The zero-order valence-electron chi connectivity index (χ0n) is 17.3. The van der Waals surface area contributed by atoms with Gasteiger partial charge in [-0.2, -0.15) is 0 Å². The van der Waals surface area contributed by atoms with Crippen LogP contribution in [0.4, 0.5) is 11.5 Å². The lowest BCUT2D eigenvalue weighted by molar-refractivity contribution is -0.120. The first-order chi connectivity index (χ1) is 14.2. The third kappa shape index (κ3) is 6.11. The van der Waals surface area contributed by atoms with Gasteiger partial charge in [0.2, 0.25) is 0 Å². The van der Waals surface area contributed by atoms with Crippen LogP contribution in [0.25, 0.3) is 0 Å². The second-order valence-corrected chi connectivity index (χ2v) is 7.57. The van der Waals surface area contributed by atoms with Crippen LogP contribution in [0.3, 0.4) is 0 Å². The number of hydrogen-bond donors (Lipinski definition) is 2. The number of benzene rings is 1. The van der Waals surface area contributed by atoms with E-state index < -0.39 is 17.2 Å². The predicted octanol–water partition coefficient (Wildman–Crippen LogP) is 1.88. The van der Waals surface area contributed by atoms with Gasteiger partial charge in [0, 0.05) is 31.8 Å². The highest BCUT2D eigenvalue weighted by Crippen LogP contribution is 2.20. The Morgan fingerprint density at radius 2 is 2.07 bits per heavy atom. The molecule has 0 saturated carbocycles. The molecule has 0 atom stereocenters. The van der Waals surface area contributed by atoms with Gasteiger partial charge in [0.25, 0.3) is 11.5 Å². The van der Waals surface area contributed by atoms with Crippen molar-refractivity contribution in [2.45, 2.75) is 26.8 Å². The molecule has 0 saturated heterocycles. The standard InChI is InChI=1S/C20H27ClN4O5/c1-13(2)11-25-18(22)17(19(27)23-20(25)28)24(8-5-9-29-3)16(26)12-30-15-7-4-6-14(21)10-15/h4,6-7,10,13H,5,8-9,11-12,22H2,1-3H3,(H,23,27,28). The van der Waals surface area contributed by atoms with E-state index >= 15 is 0 Å². The number of halogens is 1. The fraction of sp³-hybridized carbons (Fsp3) is 0.450. The van der Waals surface area contributed by atoms with E-state index in [1.807, 2.05) is 13.8 Å². The number of nitrogens with two attached hydrogens (primary N) is 1. The maximum Gasteiger partial charge on any atom is 0.330 e. The first-order valence-electron chi connectivity index (χ1n) is 9.54. The van der Waals surface area contributed by atoms with Crippen molar-refractivity contribution in [2.75, 3.05) is 37.5 Å². The Hall–Kier alpha value is -2.78. The van der Waals surface area contributed by atoms with Crippen molar-refractivity contribution < 1.29 is 14.3 Å². The molecule has 0 aliphatic carbocycles. The van der Waals surface area contributed by atoms with E-state index in [1.54, 1.807) is 31.4 Å². The van der Waals surface area contributed by atoms with Crippen LogP contribution in [-0.4, -0.2) is 42.3 Å². The van der Waals surface area contributed by atoms with E-state index in [1.165, 1.54) is 9.47 Å². The number of rotatable bonds is 10. The molecule has 0 spiro atoms. The van der Waals surface area contributed by atoms with Crippen molar-refractivity contribution in [3.8, 4) is 5.75 Å². The van der Waals surface area contributed by atoms with Crippen molar-refractivity contribution in [1.29, 1.82) is 0 Å². The molecule has 1 aromatic heterocycles. The number of carbonyl (C=O) groups excluding carboxylic acids is 1. The monoisotopic (exact) mass is 438 g/mol. The summed E-state index contributed by atoms with van der Waals surface area (Å²) in [5.74, 6) is -0.0316. The number of aromatic nitrogens is 2. The molecule has 164 valence electrons. The number of methoxy groups -OCH3 is 1. The molecule has 30 heavy (non-hydrogen) atoms. The van der Waals surface area contributed by atoms with Crippen LogP contribution in [0.1, 0.15) is 20.3 Å². The number of nitrogen functional groups attached to an aromatic ring is 1. The van der Waals surface area contributed by atoms with E-state index in [2.05, 4.69) is 4.98 Å². The molecule has 2 rings (SSSR count). The summed E-state index contributed by atoms with van der Waals surface area (Å²) in [6.45, 7) is 4.33. The van der Waals surface area contributed by atoms with Crippen molar-refractivity contribution in [1.82, 2.24) is 9.55 Å². The molecule has 3 N–H and O–H groups in total. The highest BCUT2D eigenvalue weighted by molar-refractivity contribution is 6.30. The van der Waals surface area contributed by atoms with Gasteiger partial charge in [-0.05, 0) is 30.5 Å². The fourth-order valence-corrected chi connectivity index (χ4v) is 3.07. The lowest BCUT2D eigenvalue weighted by Gasteiger charge is -2.25. The largest absolute Gasteiger partial charge is 0.484 e. The quantitative estimate of drug-likeness (QED) is 0.546. The van der Waals surface area contributed by atoms with Crippen LogP contribution in [0.15, 0.2) is 33.9 Å². The van der Waals surface area contributed by atoms with E-state index in [4.69, 9.17) is 26.8 Å². The Labute approximate surface area is 179 Å². The maximum absolute atomic E-state index is 13.0. The van der Waals surface area contributed by atoms with Gasteiger partial charge in [0.1, 0.15) is 11.6 Å². The van der Waals surface area contributed by atoms with E-state index in [0.29, 0.717) is 30.3 Å². The second kappa shape index (κ2) is 10.8. The lowest BCUT2D eigenvalue weighted by Crippen LogP contribution is -2.43. The van der Waals surface area contributed by atoms with Crippen molar-refractivity contribution in [3.05, 3.63) is 50.1 Å². The number of ether oxygens (including phenoxy) is 2. The smallest absolute Gasteiger partial charge is 0.330 e. The summed E-state index contributed by atoms with van der Waals surface area (Å²) < 4.78 is 11.8. The minimum absolute atomic E-state index is 0.0639. The second-order valence-electron chi connectivity index (χ2n) is 7.14. The summed E-state index contributed by atoms with van der Waals surface area (Å²) in [5.41, 5.74) is 4.74. The Kier molecular flexibility index (Phi) is 8.49. The molecule has 9 nitrogen and oxygen atoms in total. The molecule has 1 heterocycles. The highest BCUT2D eigenvalue weighted by atomic mass is 35.5. The Morgan fingerprint density at radius 1 is 1.33 bits per heavy atom. The van der Waals surface area contributed by atoms with Crippen LogP contribution in [0.2, 0.25) is 5.02 Å². The van der Waals surface area contributed by atoms with Gasteiger partial charge >= 0.3 is 5.69 Å². The molecule has 0 unspecified atom stereocenters. The Morgan fingerprint density at radius 3 is 2.70 bits per heavy atom. The summed E-state index contributed by atoms with van der Waals surface area (Å²) in [6, 6.07) is 6.63. The Bertz CT molecular complexity index is 986. The average Bonchev–Trinajstić information content (AvgIpc) is 2.68. The minimum atomic E-state index is -0.731. The topological polar surface area (TPSA) is 120 Å². The number of nitrogens with one attached hydrogen (secondary N) is 1. The molecule has 2 aromatic rings. The number of anilines is 2. The van der Waals surface area contributed by atoms with Gasteiger partial charge < -0.3 is 20.1 Å². The SMILES string of the molecule is COCCCN(C(=O)COc1cccc(Cl)c1)c1c(N)n(CC(C)C)c(=O)[nH]c1=O. The van der Waals surface area contributed by atoms with Gasteiger partial charge in [-0.25, -0.2) is 4.79 Å². The van der Waals surface area contributed by atoms with Crippen molar-refractivity contribution in [2.24, 2.45) is 5.92 Å². The normalized spacial score (nSPS) is 11.0. The van der Waals surface area contributed by atoms with Gasteiger partial charge in [-0.3, -0.25) is 19.1 Å². The number of amides is 1. The Balaban J connectivity index is 2.37. The van der Waals surface area contributed by atoms with E-state index in [9.17, 15) is 14.4 Å². The minimum Gasteiger partial charge on any atom is -0.484 e. The first kappa shape index (κ1) is 23.5. The highest BCUT2D eigenvalue weighted by Gasteiger charge is 2.24. The van der Waals surface area contributed by atoms with Gasteiger partial charge in [0.15, 0.2) is 12.3 Å². The van der Waals surface area contributed by atoms with Crippen LogP contribution >= 0.6 is 11.6 Å². The zero-order chi connectivity index (χ0) is 22.3. The first-order valence-corrected chi connectivity index (χ1v) is 9.92. The summed E-state index contributed by atoms with van der Waals surface area (Å²) in [6.07, 6.45) is 0.460. The lowest BCUT2D eigenvalue weighted by atomic mass is 10.2. The zero-order valence-corrected chi connectivity index (χ0v) is 18.1. The molecular weight excluding hydrogens is 412 g/mol. The van der Waals surface area contributed by atoms with Crippen molar-refractivity contribution >= 4 is 29.0 Å². The van der Waals surface area contributed by atoms with Crippen LogP contribution in [-0.2, 0) is 16.1 Å². The van der Waals surface area contributed by atoms with E-state index in [-0.39, 0.29) is 30.6 Å². The molecule has 0 bridgehead atoms. The number of hydrogen-bond acceptors (Lipinski definition) is 6. The summed E-state index contributed by atoms with van der Waals surface area (Å²) in [4.78, 5) is 41.2. The average molecular weight is 439 g/mol. The molecule has 1 amide bonds. The third-order valence-electron chi connectivity index (χ3n) is 4.22.